The monoisotopic (exact) mass is 477 g/mol. The molecule has 0 aromatic rings. The van der Waals surface area contributed by atoms with Gasteiger partial charge in [-0.15, -0.1) is 0 Å². The molecule has 0 amide bonds. The van der Waals surface area contributed by atoms with Crippen molar-refractivity contribution in [1.29, 1.82) is 0 Å². The lowest BCUT2D eigenvalue weighted by Crippen LogP contribution is -2.21. The van der Waals surface area contributed by atoms with Gasteiger partial charge in [0.05, 0.1) is 0 Å². The molecule has 0 radical (unpaired) electrons. The summed E-state index contributed by atoms with van der Waals surface area (Å²) in [6, 6.07) is 0. The van der Waals surface area contributed by atoms with E-state index in [-0.39, 0.29) is 0 Å². The molecule has 0 saturated heterocycles. The van der Waals surface area contributed by atoms with Crippen LogP contribution in [-0.4, -0.2) is 37.2 Å². The van der Waals surface area contributed by atoms with Crippen molar-refractivity contribution in [3.8, 4) is 0 Å². The highest BCUT2D eigenvalue weighted by Crippen LogP contribution is 2.49. The number of rotatable bonds is 24. The Morgan fingerprint density at radius 1 is 0.419 bits per heavy atom. The number of hydrogen-bond donors (Lipinski definition) is 1. The van der Waals surface area contributed by atoms with E-state index in [1.165, 1.54) is 77.0 Å². The smallest absolute Gasteiger partial charge is 0.101 e. The minimum Gasteiger partial charge on any atom is -0.322 e. The lowest BCUT2D eigenvalue weighted by Gasteiger charge is -2.23. The molecular formula is C26H57NO2P2. The molecule has 3 nitrogen and oxygen atoms in total. The Balaban J connectivity index is 4.73. The quantitative estimate of drug-likeness (QED) is 0.111. The Labute approximate surface area is 196 Å². The van der Waals surface area contributed by atoms with Gasteiger partial charge in [-0.2, -0.15) is 0 Å². The van der Waals surface area contributed by atoms with Gasteiger partial charge < -0.3 is 14.4 Å². The molecule has 0 heterocycles. The summed E-state index contributed by atoms with van der Waals surface area (Å²) in [5.74, 6) is 0. The second-order valence-electron chi connectivity index (χ2n) is 9.82. The molecule has 31 heavy (non-hydrogen) atoms. The third-order valence-corrected chi connectivity index (χ3v) is 12.6. The van der Waals surface area contributed by atoms with E-state index in [1.54, 1.807) is 0 Å². The lowest BCUT2D eigenvalue weighted by molar-refractivity contribution is 0.555. The van der Waals surface area contributed by atoms with Gasteiger partial charge in [0.1, 0.15) is 14.3 Å². The van der Waals surface area contributed by atoms with Gasteiger partial charge in [0, 0.05) is 37.2 Å². The molecular weight excluding hydrogens is 420 g/mol. The summed E-state index contributed by atoms with van der Waals surface area (Å²) in [5.41, 5.74) is 0. The van der Waals surface area contributed by atoms with E-state index < -0.39 is 14.3 Å². The van der Waals surface area contributed by atoms with E-state index in [9.17, 15) is 9.13 Å². The number of hydrogen-bond acceptors (Lipinski definition) is 3. The second-order valence-corrected chi connectivity index (χ2v) is 16.5. The molecule has 0 aliphatic rings. The molecule has 0 bridgehead atoms. The van der Waals surface area contributed by atoms with Crippen molar-refractivity contribution in [2.45, 2.75) is 130 Å². The predicted molar refractivity (Wildman–Crippen MR) is 144 cm³/mol. The van der Waals surface area contributed by atoms with Crippen molar-refractivity contribution in [1.82, 2.24) is 5.32 Å². The largest absolute Gasteiger partial charge is 0.322 e. The first-order valence-corrected chi connectivity index (χ1v) is 18.3. The molecule has 0 aliphatic carbocycles. The normalized spacial score (nSPS) is 12.5. The first-order valence-electron chi connectivity index (χ1n) is 13.8. The fourth-order valence-corrected chi connectivity index (χ4v) is 9.80. The highest BCUT2D eigenvalue weighted by molar-refractivity contribution is 7.64. The van der Waals surface area contributed by atoms with Crippen molar-refractivity contribution in [2.75, 3.05) is 37.2 Å². The van der Waals surface area contributed by atoms with Crippen LogP contribution >= 0.6 is 14.3 Å². The second kappa shape index (κ2) is 21.0. The first kappa shape index (κ1) is 31.4. The van der Waals surface area contributed by atoms with Gasteiger partial charge in [-0.3, -0.25) is 0 Å². The fourth-order valence-electron chi connectivity index (χ4n) is 4.30. The zero-order valence-corrected chi connectivity index (χ0v) is 23.6. The van der Waals surface area contributed by atoms with E-state index in [1.807, 2.05) is 0 Å². The minimum atomic E-state index is -2.19. The van der Waals surface area contributed by atoms with Gasteiger partial charge in [0.25, 0.3) is 0 Å². The van der Waals surface area contributed by atoms with Gasteiger partial charge in [-0.05, 0) is 25.7 Å². The van der Waals surface area contributed by atoms with Crippen LogP contribution in [0.5, 0.6) is 0 Å². The van der Waals surface area contributed by atoms with Crippen LogP contribution in [0.1, 0.15) is 130 Å². The molecule has 0 aromatic carbocycles. The predicted octanol–water partition coefficient (Wildman–Crippen LogP) is 9.54. The first-order chi connectivity index (χ1) is 14.9. The summed E-state index contributed by atoms with van der Waals surface area (Å²) in [6.45, 7) is 8.91. The van der Waals surface area contributed by atoms with E-state index in [2.05, 4.69) is 33.0 Å². The van der Waals surface area contributed by atoms with Crippen LogP contribution in [0.2, 0.25) is 0 Å². The minimum absolute atomic E-state index is 0.610. The summed E-state index contributed by atoms with van der Waals surface area (Å²) in [7, 11) is -4.38. The summed E-state index contributed by atoms with van der Waals surface area (Å²) in [4.78, 5) is 0. The van der Waals surface area contributed by atoms with Crippen LogP contribution in [-0.2, 0) is 9.13 Å². The maximum absolute atomic E-state index is 13.7. The van der Waals surface area contributed by atoms with Gasteiger partial charge in [0.15, 0.2) is 0 Å². The van der Waals surface area contributed by atoms with Gasteiger partial charge >= 0.3 is 0 Å². The van der Waals surface area contributed by atoms with Crippen molar-refractivity contribution < 1.29 is 9.13 Å². The van der Waals surface area contributed by atoms with Gasteiger partial charge in [0.2, 0.25) is 0 Å². The molecule has 0 saturated carbocycles. The highest BCUT2D eigenvalue weighted by atomic mass is 31.2. The van der Waals surface area contributed by atoms with Crippen LogP contribution in [0.15, 0.2) is 0 Å². The molecule has 0 spiro atoms. The van der Waals surface area contributed by atoms with Crippen LogP contribution in [0.4, 0.5) is 0 Å². The Bertz CT molecular complexity index is 408. The Kier molecular flexibility index (Phi) is 21.3. The van der Waals surface area contributed by atoms with Crippen molar-refractivity contribution >= 4 is 14.3 Å². The van der Waals surface area contributed by atoms with Crippen molar-refractivity contribution in [2.24, 2.45) is 0 Å². The molecule has 0 unspecified atom stereocenters. The lowest BCUT2D eigenvalue weighted by atomic mass is 10.2. The molecule has 0 aliphatic heterocycles. The maximum atomic E-state index is 13.7. The maximum Gasteiger partial charge on any atom is 0.101 e. The van der Waals surface area contributed by atoms with Crippen molar-refractivity contribution in [3.63, 3.8) is 0 Å². The third-order valence-electron chi connectivity index (χ3n) is 6.48. The Morgan fingerprint density at radius 3 is 0.903 bits per heavy atom. The van der Waals surface area contributed by atoms with E-state index >= 15 is 0 Å². The van der Waals surface area contributed by atoms with Crippen LogP contribution in [0, 0.1) is 0 Å². The number of unbranched alkanes of at least 4 members (excludes halogenated alkanes) is 12. The molecule has 0 rings (SSSR count). The van der Waals surface area contributed by atoms with Crippen LogP contribution in [0.3, 0.4) is 0 Å². The zero-order valence-electron chi connectivity index (χ0n) is 21.8. The third kappa shape index (κ3) is 18.5. The summed E-state index contributed by atoms with van der Waals surface area (Å²) >= 11 is 0. The van der Waals surface area contributed by atoms with E-state index in [0.717, 1.165) is 50.3 Å². The molecule has 188 valence electrons. The Hall–Kier alpha value is 0.420. The van der Waals surface area contributed by atoms with Crippen LogP contribution < -0.4 is 5.32 Å². The topological polar surface area (TPSA) is 46.2 Å². The average molecular weight is 478 g/mol. The Morgan fingerprint density at radius 2 is 0.677 bits per heavy atom. The number of nitrogens with one attached hydrogen (secondary N) is 1. The van der Waals surface area contributed by atoms with E-state index in [4.69, 9.17) is 0 Å². The zero-order chi connectivity index (χ0) is 23.3. The molecule has 5 heteroatoms. The molecule has 1 N–H and O–H groups in total. The molecule has 0 aromatic heterocycles. The summed E-state index contributed by atoms with van der Waals surface area (Å²) in [6.07, 6.45) is 23.7. The fraction of sp³-hybridized carbons (Fsp3) is 1.00. The highest BCUT2D eigenvalue weighted by Gasteiger charge is 2.25. The van der Waals surface area contributed by atoms with Gasteiger partial charge in [-0.25, -0.2) is 0 Å². The van der Waals surface area contributed by atoms with Gasteiger partial charge in [-0.1, -0.05) is 105 Å². The standard InChI is InChI=1S/C26H57NO2P2/c1-5-9-13-17-21-30(28,22-18-14-10-6-2)25-27-26-31(29,23-19-15-11-7-3)24-20-16-12-8-4/h27H,5-26H2,1-4H3. The molecule has 0 atom stereocenters. The van der Waals surface area contributed by atoms with E-state index in [0.29, 0.717) is 12.6 Å². The summed E-state index contributed by atoms with van der Waals surface area (Å²) < 4.78 is 27.3. The SMILES string of the molecule is CCCCCCP(=O)(CCCCCC)CNCP(=O)(CCCCCC)CCCCCC. The molecule has 0 fully saturated rings. The van der Waals surface area contributed by atoms with Crippen molar-refractivity contribution in [3.05, 3.63) is 0 Å². The van der Waals surface area contributed by atoms with Crippen LogP contribution in [0.25, 0.3) is 0 Å². The summed E-state index contributed by atoms with van der Waals surface area (Å²) in [5, 5.41) is 3.50. The average Bonchev–Trinajstić information content (AvgIpc) is 2.75.